The first-order chi connectivity index (χ1) is 9.56. The molecule has 2 N–H and O–H groups in total. The lowest BCUT2D eigenvalue weighted by molar-refractivity contribution is 0.0734. The van der Waals surface area contributed by atoms with Gasteiger partial charge in [-0.1, -0.05) is 15.9 Å². The summed E-state index contributed by atoms with van der Waals surface area (Å²) in [4.78, 5) is 28.4. The first-order valence-electron chi connectivity index (χ1n) is 6.29. The van der Waals surface area contributed by atoms with Gasteiger partial charge in [0.1, 0.15) is 0 Å². The Morgan fingerprint density at radius 2 is 2.15 bits per heavy atom. The van der Waals surface area contributed by atoms with Crippen molar-refractivity contribution >= 4 is 32.7 Å². The number of aromatic nitrogens is 1. The van der Waals surface area contributed by atoms with Crippen molar-refractivity contribution in [2.24, 2.45) is 0 Å². The molecule has 0 unspecified atom stereocenters. The van der Waals surface area contributed by atoms with Crippen LogP contribution in [0, 0.1) is 0 Å². The molecule has 0 fully saturated rings. The Kier molecular flexibility index (Phi) is 4.57. The Balaban J connectivity index is 2.60. The minimum absolute atomic E-state index is 0.107. The highest BCUT2D eigenvalue weighted by Crippen LogP contribution is 2.21. The van der Waals surface area contributed by atoms with Gasteiger partial charge in [-0.2, -0.15) is 0 Å². The SMILES string of the molecule is CCN(CCO)C(=O)c1cc(=O)[nH]c2ccc(Br)cc12. The monoisotopic (exact) mass is 338 g/mol. The van der Waals surface area contributed by atoms with Crippen LogP contribution in [0.3, 0.4) is 0 Å². The lowest BCUT2D eigenvalue weighted by atomic mass is 10.1. The molecule has 1 aromatic carbocycles. The van der Waals surface area contributed by atoms with Crippen molar-refractivity contribution in [3.8, 4) is 0 Å². The van der Waals surface area contributed by atoms with Gasteiger partial charge in [0, 0.05) is 34.5 Å². The number of aliphatic hydroxyl groups excluding tert-OH is 1. The Labute approximate surface area is 124 Å². The van der Waals surface area contributed by atoms with Crippen LogP contribution in [0.4, 0.5) is 0 Å². The summed E-state index contributed by atoms with van der Waals surface area (Å²) in [5.74, 6) is -0.254. The quantitative estimate of drug-likeness (QED) is 0.891. The highest BCUT2D eigenvalue weighted by molar-refractivity contribution is 9.10. The number of hydrogen-bond acceptors (Lipinski definition) is 3. The predicted molar refractivity (Wildman–Crippen MR) is 80.9 cm³/mol. The van der Waals surface area contributed by atoms with Gasteiger partial charge in [-0.05, 0) is 25.1 Å². The molecule has 106 valence electrons. The molecule has 6 heteroatoms. The summed E-state index contributed by atoms with van der Waals surface area (Å²) in [7, 11) is 0. The molecular weight excluding hydrogens is 324 g/mol. The molecule has 2 rings (SSSR count). The van der Waals surface area contributed by atoms with E-state index in [9.17, 15) is 9.59 Å². The minimum Gasteiger partial charge on any atom is -0.395 e. The van der Waals surface area contributed by atoms with Crippen molar-refractivity contribution in [2.45, 2.75) is 6.92 Å². The molecule has 0 aliphatic carbocycles. The smallest absolute Gasteiger partial charge is 0.254 e. The maximum atomic E-state index is 12.5. The van der Waals surface area contributed by atoms with E-state index in [1.165, 1.54) is 11.0 Å². The van der Waals surface area contributed by atoms with Gasteiger partial charge in [0.2, 0.25) is 5.56 Å². The zero-order valence-electron chi connectivity index (χ0n) is 11.0. The van der Waals surface area contributed by atoms with Gasteiger partial charge in [-0.15, -0.1) is 0 Å². The topological polar surface area (TPSA) is 73.4 Å². The highest BCUT2D eigenvalue weighted by atomic mass is 79.9. The van der Waals surface area contributed by atoms with Crippen LogP contribution in [0.25, 0.3) is 10.9 Å². The van der Waals surface area contributed by atoms with Crippen molar-refractivity contribution in [1.82, 2.24) is 9.88 Å². The molecular formula is C14H15BrN2O3. The lowest BCUT2D eigenvalue weighted by Crippen LogP contribution is -2.34. The number of carbonyl (C=O) groups is 1. The van der Waals surface area contributed by atoms with Crippen molar-refractivity contribution < 1.29 is 9.90 Å². The Hall–Kier alpha value is -1.66. The molecule has 0 saturated carbocycles. The lowest BCUT2D eigenvalue weighted by Gasteiger charge is -2.20. The Morgan fingerprint density at radius 3 is 2.80 bits per heavy atom. The molecule has 1 aromatic heterocycles. The number of H-pyrrole nitrogens is 1. The van der Waals surface area contributed by atoms with Gasteiger partial charge in [0.05, 0.1) is 12.2 Å². The van der Waals surface area contributed by atoms with E-state index in [1.807, 2.05) is 6.92 Å². The summed E-state index contributed by atoms with van der Waals surface area (Å²) < 4.78 is 0.830. The van der Waals surface area contributed by atoms with E-state index in [1.54, 1.807) is 18.2 Å². The van der Waals surface area contributed by atoms with Crippen LogP contribution in [-0.4, -0.2) is 40.6 Å². The molecule has 0 atom stereocenters. The molecule has 5 nitrogen and oxygen atoms in total. The first kappa shape index (κ1) is 14.7. The second-order valence-corrected chi connectivity index (χ2v) is 5.26. The number of hydrogen-bond donors (Lipinski definition) is 2. The standard InChI is InChI=1S/C14H15BrN2O3/c1-2-17(5-6-18)14(20)11-8-13(19)16-12-4-3-9(15)7-10(11)12/h3-4,7-8,18H,2,5-6H2,1H3,(H,16,19). The number of rotatable bonds is 4. The number of likely N-dealkylation sites (N-methyl/N-ethyl adjacent to an activating group) is 1. The molecule has 20 heavy (non-hydrogen) atoms. The van der Waals surface area contributed by atoms with Gasteiger partial charge in [-0.3, -0.25) is 9.59 Å². The summed E-state index contributed by atoms with van der Waals surface area (Å²) in [5.41, 5.74) is 0.646. The van der Waals surface area contributed by atoms with Crippen LogP contribution in [-0.2, 0) is 0 Å². The average Bonchev–Trinajstić information content (AvgIpc) is 2.43. The largest absolute Gasteiger partial charge is 0.395 e. The normalized spacial score (nSPS) is 10.8. The van der Waals surface area contributed by atoms with Gasteiger partial charge >= 0.3 is 0 Å². The van der Waals surface area contributed by atoms with Crippen LogP contribution in [0.2, 0.25) is 0 Å². The number of aliphatic hydroxyl groups is 1. The minimum atomic E-state index is -0.316. The number of halogens is 1. The molecule has 0 bridgehead atoms. The number of carbonyl (C=O) groups excluding carboxylic acids is 1. The molecule has 0 aliphatic rings. The number of nitrogens with one attached hydrogen (secondary N) is 1. The van der Waals surface area contributed by atoms with E-state index < -0.39 is 0 Å². The van der Waals surface area contributed by atoms with E-state index in [2.05, 4.69) is 20.9 Å². The van der Waals surface area contributed by atoms with Crippen LogP contribution < -0.4 is 5.56 Å². The van der Waals surface area contributed by atoms with Crippen LogP contribution >= 0.6 is 15.9 Å². The number of amides is 1. The van der Waals surface area contributed by atoms with Crippen LogP contribution in [0.5, 0.6) is 0 Å². The second-order valence-electron chi connectivity index (χ2n) is 4.35. The molecule has 0 aliphatic heterocycles. The molecule has 0 radical (unpaired) electrons. The van der Waals surface area contributed by atoms with Crippen molar-refractivity contribution in [3.05, 3.63) is 44.7 Å². The molecule has 0 spiro atoms. The average molecular weight is 339 g/mol. The number of nitrogens with zero attached hydrogens (tertiary/aromatic N) is 1. The fraction of sp³-hybridized carbons (Fsp3) is 0.286. The molecule has 2 aromatic rings. The molecule has 1 amide bonds. The predicted octanol–water partition coefficient (Wildman–Crippen LogP) is 1.74. The number of aromatic amines is 1. The summed E-state index contributed by atoms with van der Waals surface area (Å²) in [6.45, 7) is 2.45. The van der Waals surface area contributed by atoms with Crippen molar-refractivity contribution in [2.75, 3.05) is 19.7 Å². The van der Waals surface area contributed by atoms with E-state index in [4.69, 9.17) is 5.11 Å². The third-order valence-electron chi connectivity index (χ3n) is 3.07. The van der Waals surface area contributed by atoms with E-state index in [-0.39, 0.29) is 24.6 Å². The number of benzene rings is 1. The number of pyridine rings is 1. The zero-order chi connectivity index (χ0) is 14.7. The van der Waals surface area contributed by atoms with Gasteiger partial charge in [0.15, 0.2) is 0 Å². The maximum absolute atomic E-state index is 12.5. The van der Waals surface area contributed by atoms with Gasteiger partial charge in [0.25, 0.3) is 5.91 Å². The highest BCUT2D eigenvalue weighted by Gasteiger charge is 2.17. The summed E-state index contributed by atoms with van der Waals surface area (Å²) in [6, 6.07) is 6.65. The first-order valence-corrected chi connectivity index (χ1v) is 7.09. The Bertz CT molecular complexity index is 696. The zero-order valence-corrected chi connectivity index (χ0v) is 12.6. The Morgan fingerprint density at radius 1 is 1.40 bits per heavy atom. The molecule has 1 heterocycles. The van der Waals surface area contributed by atoms with Crippen molar-refractivity contribution in [1.29, 1.82) is 0 Å². The maximum Gasteiger partial charge on any atom is 0.254 e. The summed E-state index contributed by atoms with van der Waals surface area (Å²) in [6.07, 6.45) is 0. The summed E-state index contributed by atoms with van der Waals surface area (Å²) >= 11 is 3.36. The van der Waals surface area contributed by atoms with E-state index in [0.29, 0.717) is 23.0 Å². The van der Waals surface area contributed by atoms with Crippen LogP contribution in [0.1, 0.15) is 17.3 Å². The number of fused-ring (bicyclic) bond motifs is 1. The fourth-order valence-corrected chi connectivity index (χ4v) is 2.46. The van der Waals surface area contributed by atoms with E-state index in [0.717, 1.165) is 4.47 Å². The van der Waals surface area contributed by atoms with Crippen molar-refractivity contribution in [3.63, 3.8) is 0 Å². The molecule has 0 saturated heterocycles. The van der Waals surface area contributed by atoms with E-state index >= 15 is 0 Å². The fourth-order valence-electron chi connectivity index (χ4n) is 2.10. The third-order valence-corrected chi connectivity index (χ3v) is 3.57. The third kappa shape index (κ3) is 2.91. The van der Waals surface area contributed by atoms with Gasteiger partial charge in [-0.25, -0.2) is 0 Å². The summed E-state index contributed by atoms with van der Waals surface area (Å²) in [5, 5.41) is 9.69. The second kappa shape index (κ2) is 6.19. The van der Waals surface area contributed by atoms with Gasteiger partial charge < -0.3 is 15.0 Å². The van der Waals surface area contributed by atoms with Crippen LogP contribution in [0.15, 0.2) is 33.5 Å².